The van der Waals surface area contributed by atoms with Crippen molar-refractivity contribution in [2.75, 3.05) is 0 Å². The molecule has 0 amide bonds. The van der Waals surface area contributed by atoms with Crippen LogP contribution in [0.2, 0.25) is 0 Å². The van der Waals surface area contributed by atoms with Crippen LogP contribution in [-0.4, -0.2) is 25.7 Å². The molecular formula is C21H14BrF3N4O. The van der Waals surface area contributed by atoms with E-state index in [2.05, 4.69) is 48.0 Å². The van der Waals surface area contributed by atoms with Crippen LogP contribution in [0.3, 0.4) is 0 Å². The third-order valence-electron chi connectivity index (χ3n) is 5.13. The Morgan fingerprint density at radius 3 is 2.73 bits per heavy atom. The molecule has 1 aliphatic rings. The SMILES string of the molecule is O=C(c1c[nH]c(-c2nc3c(Br)cc(C4CC4)cc3[nH]2)c1)c1cccnc1C(F)(F)F. The molecule has 5 nitrogen and oxygen atoms in total. The van der Waals surface area contributed by atoms with Gasteiger partial charge in [-0.1, -0.05) is 0 Å². The van der Waals surface area contributed by atoms with Gasteiger partial charge in [-0.25, -0.2) is 4.98 Å². The van der Waals surface area contributed by atoms with Crippen molar-refractivity contribution in [1.82, 2.24) is 19.9 Å². The van der Waals surface area contributed by atoms with E-state index in [1.54, 1.807) is 0 Å². The van der Waals surface area contributed by atoms with Crippen molar-refractivity contribution in [1.29, 1.82) is 0 Å². The lowest BCUT2D eigenvalue weighted by Crippen LogP contribution is -2.15. The monoisotopic (exact) mass is 474 g/mol. The van der Waals surface area contributed by atoms with E-state index >= 15 is 0 Å². The maximum atomic E-state index is 13.2. The highest BCUT2D eigenvalue weighted by Crippen LogP contribution is 2.42. The Morgan fingerprint density at radius 1 is 1.20 bits per heavy atom. The number of alkyl halides is 3. The van der Waals surface area contributed by atoms with Gasteiger partial charge in [0, 0.05) is 22.4 Å². The minimum atomic E-state index is -4.71. The lowest BCUT2D eigenvalue weighted by Gasteiger charge is -2.09. The molecule has 1 aliphatic carbocycles. The number of aromatic nitrogens is 4. The highest BCUT2D eigenvalue weighted by Gasteiger charge is 2.37. The van der Waals surface area contributed by atoms with E-state index in [-0.39, 0.29) is 5.56 Å². The van der Waals surface area contributed by atoms with Crippen molar-refractivity contribution in [2.45, 2.75) is 24.9 Å². The molecule has 1 fully saturated rings. The molecule has 0 bridgehead atoms. The standard InChI is InChI=1S/C21H14BrF3N4O/c22-14-6-11(10-3-4-10)7-15-17(14)29-20(28-15)16-8-12(9-27-16)18(30)13-2-1-5-26-19(13)21(23,24)25/h1-2,5-10,27H,3-4H2,(H,28,29). The van der Waals surface area contributed by atoms with Crippen LogP contribution in [0.1, 0.15) is 45.9 Å². The van der Waals surface area contributed by atoms with Crippen LogP contribution in [0.25, 0.3) is 22.6 Å². The number of carbonyl (C=O) groups is 1. The maximum Gasteiger partial charge on any atom is 0.434 e. The van der Waals surface area contributed by atoms with Crippen LogP contribution in [0.5, 0.6) is 0 Å². The number of pyridine rings is 1. The van der Waals surface area contributed by atoms with Gasteiger partial charge in [0.2, 0.25) is 0 Å². The zero-order valence-corrected chi connectivity index (χ0v) is 16.9. The Bertz CT molecular complexity index is 1290. The number of hydrogen-bond donors (Lipinski definition) is 2. The molecule has 0 aliphatic heterocycles. The number of nitrogens with one attached hydrogen (secondary N) is 2. The van der Waals surface area contributed by atoms with Crippen LogP contribution >= 0.6 is 15.9 Å². The number of H-pyrrole nitrogens is 2. The largest absolute Gasteiger partial charge is 0.434 e. The molecule has 2 N–H and O–H groups in total. The minimum absolute atomic E-state index is 0.0988. The van der Waals surface area contributed by atoms with E-state index in [1.807, 2.05) is 0 Å². The number of rotatable bonds is 4. The molecule has 0 unspecified atom stereocenters. The molecule has 1 saturated carbocycles. The average Bonchev–Trinajstić information content (AvgIpc) is 3.28. The van der Waals surface area contributed by atoms with Crippen LogP contribution in [0.4, 0.5) is 13.2 Å². The average molecular weight is 475 g/mol. The molecule has 0 spiro atoms. The number of benzene rings is 1. The van der Waals surface area contributed by atoms with Crippen LogP contribution in [0, 0.1) is 0 Å². The minimum Gasteiger partial charge on any atom is -0.358 e. The van der Waals surface area contributed by atoms with E-state index in [0.29, 0.717) is 17.4 Å². The number of nitrogens with zero attached hydrogens (tertiary/aromatic N) is 2. The second-order valence-corrected chi connectivity index (χ2v) is 8.14. The molecule has 5 rings (SSSR count). The number of halogens is 4. The van der Waals surface area contributed by atoms with Crippen LogP contribution < -0.4 is 0 Å². The summed E-state index contributed by atoms with van der Waals surface area (Å²) in [6.07, 6.45) is 0.0350. The normalized spacial score (nSPS) is 14.4. The first-order chi connectivity index (χ1) is 14.3. The van der Waals surface area contributed by atoms with Gasteiger partial charge in [0.15, 0.2) is 17.3 Å². The first kappa shape index (κ1) is 19.0. The van der Waals surface area contributed by atoms with Gasteiger partial charge in [0.1, 0.15) is 5.52 Å². The topological polar surface area (TPSA) is 74.4 Å². The summed E-state index contributed by atoms with van der Waals surface area (Å²) >= 11 is 3.55. The molecule has 4 aromatic rings. The number of ketones is 1. The van der Waals surface area contributed by atoms with Gasteiger partial charge in [-0.3, -0.25) is 9.78 Å². The van der Waals surface area contributed by atoms with Gasteiger partial charge in [0.05, 0.1) is 16.8 Å². The van der Waals surface area contributed by atoms with Crippen molar-refractivity contribution >= 4 is 32.7 Å². The number of aromatic amines is 2. The Kier molecular flexibility index (Phi) is 4.32. The smallest absolute Gasteiger partial charge is 0.358 e. The lowest BCUT2D eigenvalue weighted by molar-refractivity contribution is -0.141. The van der Waals surface area contributed by atoms with Gasteiger partial charge < -0.3 is 9.97 Å². The molecule has 30 heavy (non-hydrogen) atoms. The van der Waals surface area contributed by atoms with E-state index in [1.165, 1.54) is 36.7 Å². The summed E-state index contributed by atoms with van der Waals surface area (Å²) in [4.78, 5) is 26.8. The van der Waals surface area contributed by atoms with Crippen molar-refractivity contribution in [2.24, 2.45) is 0 Å². The predicted octanol–water partition coefficient (Wildman–Crippen LogP) is 5.84. The summed E-state index contributed by atoms with van der Waals surface area (Å²) in [5.41, 5.74) is 1.77. The van der Waals surface area contributed by atoms with Gasteiger partial charge in [-0.05, 0) is 70.6 Å². The van der Waals surface area contributed by atoms with E-state index in [0.717, 1.165) is 27.8 Å². The Morgan fingerprint density at radius 2 is 2.00 bits per heavy atom. The number of fused-ring (bicyclic) bond motifs is 1. The van der Waals surface area contributed by atoms with Gasteiger partial charge >= 0.3 is 6.18 Å². The first-order valence-electron chi connectivity index (χ1n) is 9.26. The number of hydrogen-bond acceptors (Lipinski definition) is 3. The zero-order valence-electron chi connectivity index (χ0n) is 15.3. The third-order valence-corrected chi connectivity index (χ3v) is 5.74. The van der Waals surface area contributed by atoms with Crippen molar-refractivity contribution < 1.29 is 18.0 Å². The Labute approximate surface area is 176 Å². The molecule has 152 valence electrons. The predicted molar refractivity (Wildman–Crippen MR) is 108 cm³/mol. The molecule has 9 heteroatoms. The highest BCUT2D eigenvalue weighted by molar-refractivity contribution is 9.10. The number of imidazole rings is 1. The number of carbonyl (C=O) groups excluding carboxylic acids is 1. The Balaban J connectivity index is 1.50. The van der Waals surface area contributed by atoms with Crippen molar-refractivity contribution in [3.05, 3.63) is 69.6 Å². The third kappa shape index (κ3) is 3.32. The molecule has 0 radical (unpaired) electrons. The molecular weight excluding hydrogens is 461 g/mol. The fraction of sp³-hybridized carbons (Fsp3) is 0.190. The summed E-state index contributed by atoms with van der Waals surface area (Å²) in [5, 5.41) is 0. The van der Waals surface area contributed by atoms with Gasteiger partial charge in [0.25, 0.3) is 0 Å². The van der Waals surface area contributed by atoms with Gasteiger partial charge in [-0.15, -0.1) is 0 Å². The highest BCUT2D eigenvalue weighted by atomic mass is 79.9. The molecule has 3 heterocycles. The van der Waals surface area contributed by atoms with Crippen molar-refractivity contribution in [3.63, 3.8) is 0 Å². The second kappa shape index (κ2) is 6.80. The first-order valence-corrected chi connectivity index (χ1v) is 10.1. The fourth-order valence-electron chi connectivity index (χ4n) is 3.51. The molecule has 0 saturated heterocycles. The van der Waals surface area contributed by atoms with Crippen molar-refractivity contribution in [3.8, 4) is 11.5 Å². The summed E-state index contributed by atoms with van der Waals surface area (Å²) < 4.78 is 40.5. The second-order valence-electron chi connectivity index (χ2n) is 7.29. The fourth-order valence-corrected chi connectivity index (χ4v) is 4.07. The van der Waals surface area contributed by atoms with Crippen LogP contribution in [0.15, 0.2) is 47.2 Å². The van der Waals surface area contributed by atoms with Gasteiger partial charge in [-0.2, -0.15) is 13.2 Å². The Hall–Kier alpha value is -2.94. The molecule has 0 atom stereocenters. The quantitative estimate of drug-likeness (QED) is 0.364. The zero-order chi connectivity index (χ0) is 21.0. The lowest BCUT2D eigenvalue weighted by atomic mass is 10.0. The summed E-state index contributed by atoms with van der Waals surface area (Å²) in [7, 11) is 0. The molecule has 3 aromatic heterocycles. The van der Waals surface area contributed by atoms with Crippen LogP contribution in [-0.2, 0) is 6.18 Å². The molecule has 1 aromatic carbocycles. The van der Waals surface area contributed by atoms with E-state index in [4.69, 9.17) is 0 Å². The summed E-state index contributed by atoms with van der Waals surface area (Å²) in [6.45, 7) is 0. The summed E-state index contributed by atoms with van der Waals surface area (Å²) in [6, 6.07) is 8.06. The maximum absolute atomic E-state index is 13.2. The summed E-state index contributed by atoms with van der Waals surface area (Å²) in [5.74, 6) is 0.320. The van der Waals surface area contributed by atoms with E-state index < -0.39 is 23.2 Å². The van der Waals surface area contributed by atoms with E-state index in [9.17, 15) is 18.0 Å².